The number of likely N-dealkylation sites (N-methyl/N-ethyl adjacent to an activating group) is 2. The van der Waals surface area contributed by atoms with Gasteiger partial charge in [-0.2, -0.15) is 0 Å². The zero-order valence-electron chi connectivity index (χ0n) is 11.9. The average molecular weight is 229 g/mol. The normalized spacial score (nSPS) is 12.0. The fraction of sp³-hybridized carbons (Fsp3) is 1.00. The maximum absolute atomic E-state index is 3.45. The second-order valence-corrected chi connectivity index (χ2v) is 5.28. The quantitative estimate of drug-likeness (QED) is 0.575. The largest absolute Gasteiger partial charge is 0.315 e. The van der Waals surface area contributed by atoms with Crippen LogP contribution in [-0.4, -0.2) is 63.2 Å². The van der Waals surface area contributed by atoms with Crippen LogP contribution in [0.1, 0.15) is 33.1 Å². The van der Waals surface area contributed by atoms with Crippen molar-refractivity contribution in [2.45, 2.75) is 39.2 Å². The lowest BCUT2D eigenvalue weighted by Crippen LogP contribution is -2.29. The third-order valence-electron chi connectivity index (χ3n) is 2.70. The van der Waals surface area contributed by atoms with Crippen LogP contribution < -0.4 is 5.32 Å². The first-order chi connectivity index (χ1) is 7.52. The molecule has 0 saturated carbocycles. The zero-order chi connectivity index (χ0) is 12.4. The highest BCUT2D eigenvalue weighted by Crippen LogP contribution is 1.97. The molecule has 3 heteroatoms. The molecule has 0 aromatic carbocycles. The van der Waals surface area contributed by atoms with Gasteiger partial charge in [0.1, 0.15) is 0 Å². The summed E-state index contributed by atoms with van der Waals surface area (Å²) >= 11 is 0. The fourth-order valence-electron chi connectivity index (χ4n) is 1.56. The summed E-state index contributed by atoms with van der Waals surface area (Å²) < 4.78 is 0. The van der Waals surface area contributed by atoms with Gasteiger partial charge in [-0.15, -0.1) is 0 Å². The van der Waals surface area contributed by atoms with E-state index in [2.05, 4.69) is 50.1 Å². The van der Waals surface area contributed by atoms with E-state index < -0.39 is 0 Å². The summed E-state index contributed by atoms with van der Waals surface area (Å²) in [6.45, 7) is 9.14. The molecule has 98 valence electrons. The molecule has 0 aromatic heterocycles. The Balaban J connectivity index is 3.18. The van der Waals surface area contributed by atoms with Crippen molar-refractivity contribution >= 4 is 0 Å². The Hall–Kier alpha value is -0.120. The molecular formula is C13H31N3. The topological polar surface area (TPSA) is 18.5 Å². The van der Waals surface area contributed by atoms with Gasteiger partial charge in [0.2, 0.25) is 0 Å². The third-order valence-corrected chi connectivity index (χ3v) is 2.70. The van der Waals surface area contributed by atoms with E-state index in [1.54, 1.807) is 0 Å². The number of nitrogens with zero attached hydrogens (tertiary/aromatic N) is 2. The lowest BCUT2D eigenvalue weighted by Gasteiger charge is -2.19. The van der Waals surface area contributed by atoms with Crippen molar-refractivity contribution in [2.24, 2.45) is 0 Å². The maximum Gasteiger partial charge on any atom is 0.0106 e. The van der Waals surface area contributed by atoms with Crippen molar-refractivity contribution in [2.75, 3.05) is 47.3 Å². The molecular weight excluding hydrogens is 198 g/mol. The summed E-state index contributed by atoms with van der Waals surface area (Å²) in [6.07, 6.45) is 3.97. The first kappa shape index (κ1) is 15.9. The number of rotatable bonds is 10. The molecule has 0 bridgehead atoms. The Morgan fingerprint density at radius 2 is 1.56 bits per heavy atom. The molecule has 0 unspecified atom stereocenters. The molecule has 0 fully saturated rings. The molecule has 0 aliphatic carbocycles. The van der Waals surface area contributed by atoms with Crippen molar-refractivity contribution < 1.29 is 0 Å². The summed E-state index contributed by atoms with van der Waals surface area (Å²) in [4.78, 5) is 4.67. The molecule has 0 amide bonds. The number of unbranched alkanes of at least 4 members (excludes halogenated alkanes) is 2. The minimum Gasteiger partial charge on any atom is -0.315 e. The third kappa shape index (κ3) is 12.0. The minimum absolute atomic E-state index is 0.628. The van der Waals surface area contributed by atoms with Gasteiger partial charge in [-0.3, -0.25) is 0 Å². The van der Waals surface area contributed by atoms with Crippen LogP contribution in [0.4, 0.5) is 0 Å². The standard InChI is InChI=1S/C13H31N3/c1-13(2)14-9-7-6-8-10-16(5)12-11-15(3)4/h13-14H,6-12H2,1-5H3. The summed E-state index contributed by atoms with van der Waals surface area (Å²) in [5, 5.41) is 3.45. The van der Waals surface area contributed by atoms with Gasteiger partial charge in [-0.25, -0.2) is 0 Å². The monoisotopic (exact) mass is 229 g/mol. The fourth-order valence-corrected chi connectivity index (χ4v) is 1.56. The number of hydrogen-bond acceptors (Lipinski definition) is 3. The van der Waals surface area contributed by atoms with Gasteiger partial charge in [0.05, 0.1) is 0 Å². The molecule has 0 spiro atoms. The van der Waals surface area contributed by atoms with Crippen molar-refractivity contribution in [3.63, 3.8) is 0 Å². The van der Waals surface area contributed by atoms with E-state index in [1.807, 2.05) is 0 Å². The zero-order valence-corrected chi connectivity index (χ0v) is 11.9. The van der Waals surface area contributed by atoms with Gasteiger partial charge in [0.15, 0.2) is 0 Å². The van der Waals surface area contributed by atoms with Crippen molar-refractivity contribution in [1.82, 2.24) is 15.1 Å². The van der Waals surface area contributed by atoms with Crippen molar-refractivity contribution in [1.29, 1.82) is 0 Å². The van der Waals surface area contributed by atoms with Gasteiger partial charge in [-0.1, -0.05) is 20.3 Å². The van der Waals surface area contributed by atoms with E-state index >= 15 is 0 Å². The van der Waals surface area contributed by atoms with Gasteiger partial charge in [0.25, 0.3) is 0 Å². The van der Waals surface area contributed by atoms with Crippen LogP contribution in [0.2, 0.25) is 0 Å². The Morgan fingerprint density at radius 3 is 2.12 bits per heavy atom. The van der Waals surface area contributed by atoms with Gasteiger partial charge < -0.3 is 15.1 Å². The van der Waals surface area contributed by atoms with Crippen LogP contribution in [-0.2, 0) is 0 Å². The van der Waals surface area contributed by atoms with Crippen LogP contribution in [0, 0.1) is 0 Å². The molecule has 0 heterocycles. The predicted molar refractivity (Wildman–Crippen MR) is 73.0 cm³/mol. The minimum atomic E-state index is 0.628. The smallest absolute Gasteiger partial charge is 0.0106 e. The molecule has 0 aromatic rings. The average Bonchev–Trinajstić information content (AvgIpc) is 2.19. The molecule has 0 saturated heterocycles. The van der Waals surface area contributed by atoms with E-state index in [4.69, 9.17) is 0 Å². The molecule has 3 nitrogen and oxygen atoms in total. The van der Waals surface area contributed by atoms with Crippen LogP contribution in [0.15, 0.2) is 0 Å². The van der Waals surface area contributed by atoms with E-state index in [9.17, 15) is 0 Å². The summed E-state index contributed by atoms with van der Waals surface area (Å²) in [5.41, 5.74) is 0. The summed E-state index contributed by atoms with van der Waals surface area (Å²) in [6, 6.07) is 0.628. The lowest BCUT2D eigenvalue weighted by atomic mass is 10.2. The highest BCUT2D eigenvalue weighted by atomic mass is 15.1. The first-order valence-corrected chi connectivity index (χ1v) is 6.59. The molecule has 0 aliphatic heterocycles. The Bertz CT molecular complexity index is 146. The second kappa shape index (κ2) is 10.1. The van der Waals surface area contributed by atoms with Crippen LogP contribution in [0.25, 0.3) is 0 Å². The van der Waals surface area contributed by atoms with Gasteiger partial charge in [-0.05, 0) is 47.1 Å². The molecule has 16 heavy (non-hydrogen) atoms. The molecule has 0 rings (SSSR count). The Kier molecular flexibility index (Phi) is 9.99. The SMILES string of the molecule is CC(C)NCCCCCN(C)CCN(C)C. The van der Waals surface area contributed by atoms with Gasteiger partial charge >= 0.3 is 0 Å². The van der Waals surface area contributed by atoms with E-state index in [1.165, 1.54) is 38.9 Å². The highest BCUT2D eigenvalue weighted by molar-refractivity contribution is 4.56. The van der Waals surface area contributed by atoms with Crippen LogP contribution in [0.3, 0.4) is 0 Å². The molecule has 1 N–H and O–H groups in total. The number of hydrogen-bond donors (Lipinski definition) is 1. The van der Waals surface area contributed by atoms with Crippen LogP contribution >= 0.6 is 0 Å². The first-order valence-electron chi connectivity index (χ1n) is 6.59. The summed E-state index contributed by atoms with van der Waals surface area (Å²) in [7, 11) is 6.48. The lowest BCUT2D eigenvalue weighted by molar-refractivity contribution is 0.277. The van der Waals surface area contributed by atoms with Crippen molar-refractivity contribution in [3.05, 3.63) is 0 Å². The van der Waals surface area contributed by atoms with E-state index in [0.29, 0.717) is 6.04 Å². The maximum atomic E-state index is 3.45. The Morgan fingerprint density at radius 1 is 0.875 bits per heavy atom. The second-order valence-electron chi connectivity index (χ2n) is 5.28. The Labute approximate surface area is 102 Å². The highest BCUT2D eigenvalue weighted by Gasteiger charge is 1.99. The van der Waals surface area contributed by atoms with Gasteiger partial charge in [0, 0.05) is 19.1 Å². The van der Waals surface area contributed by atoms with E-state index in [0.717, 1.165) is 6.54 Å². The molecule has 0 atom stereocenters. The van der Waals surface area contributed by atoms with Crippen LogP contribution in [0.5, 0.6) is 0 Å². The van der Waals surface area contributed by atoms with Crippen molar-refractivity contribution in [3.8, 4) is 0 Å². The van der Waals surface area contributed by atoms with E-state index in [-0.39, 0.29) is 0 Å². The molecule has 0 aliphatic rings. The summed E-state index contributed by atoms with van der Waals surface area (Å²) in [5.74, 6) is 0. The number of nitrogens with one attached hydrogen (secondary N) is 1. The predicted octanol–water partition coefficient (Wildman–Crippen LogP) is 1.65. The molecule has 0 radical (unpaired) electrons.